The molecule has 0 aliphatic rings. The van der Waals surface area contributed by atoms with Crippen LogP contribution in [0.3, 0.4) is 0 Å². The van der Waals surface area contributed by atoms with Gasteiger partial charge >= 0.3 is 0 Å². The smallest absolute Gasteiger partial charge is 0.202 e. The Morgan fingerprint density at radius 1 is 1.03 bits per heavy atom. The van der Waals surface area contributed by atoms with Crippen LogP contribution in [0.1, 0.15) is 5.56 Å². The Kier molecular flexibility index (Phi) is 5.19. The minimum Gasteiger partial charge on any atom is -0.269 e. The number of aromatic nitrogens is 7. The van der Waals surface area contributed by atoms with E-state index in [0.29, 0.717) is 5.65 Å². The summed E-state index contributed by atoms with van der Waals surface area (Å²) >= 11 is 4.66. The molecule has 0 N–H and O–H groups in total. The molecule has 0 saturated heterocycles. The second-order valence-corrected chi connectivity index (χ2v) is 9.30. The third-order valence-corrected chi connectivity index (χ3v) is 7.53. The van der Waals surface area contributed by atoms with Gasteiger partial charge < -0.3 is 0 Å². The fourth-order valence-electron chi connectivity index (χ4n) is 3.01. The molecule has 30 heavy (non-hydrogen) atoms. The Balaban J connectivity index is 1.67. The van der Waals surface area contributed by atoms with Crippen molar-refractivity contribution in [2.75, 3.05) is 6.26 Å². The highest BCUT2D eigenvalue weighted by atomic mass is 32.2. The number of para-hydroxylation sites is 1. The summed E-state index contributed by atoms with van der Waals surface area (Å²) in [6.45, 7) is 2.08. The number of hydrogen-bond donors (Lipinski definition) is 0. The maximum Gasteiger partial charge on any atom is 0.202 e. The molecular formula is C20H15N7S3. The van der Waals surface area contributed by atoms with E-state index in [2.05, 4.69) is 53.8 Å². The highest BCUT2D eigenvalue weighted by Gasteiger charge is 2.20. The molecular weight excluding hydrogens is 434 g/mol. The molecule has 4 aromatic heterocycles. The number of pyridine rings is 1. The Morgan fingerprint density at radius 2 is 1.93 bits per heavy atom. The van der Waals surface area contributed by atoms with Crippen molar-refractivity contribution in [2.24, 2.45) is 0 Å². The first-order valence-corrected chi connectivity index (χ1v) is 11.9. The van der Waals surface area contributed by atoms with Gasteiger partial charge in [0.15, 0.2) is 15.8 Å². The average Bonchev–Trinajstić information content (AvgIpc) is 3.39. The maximum absolute atomic E-state index is 4.55. The zero-order chi connectivity index (χ0) is 20.5. The maximum atomic E-state index is 4.55. The third kappa shape index (κ3) is 3.47. The van der Waals surface area contributed by atoms with Crippen molar-refractivity contribution < 1.29 is 0 Å². The van der Waals surface area contributed by atoms with E-state index in [4.69, 9.17) is 0 Å². The number of benzene rings is 1. The lowest BCUT2D eigenvalue weighted by atomic mass is 10.2. The van der Waals surface area contributed by atoms with Crippen LogP contribution >= 0.6 is 34.9 Å². The van der Waals surface area contributed by atoms with Crippen molar-refractivity contribution in [3.05, 3.63) is 60.7 Å². The van der Waals surface area contributed by atoms with E-state index in [9.17, 15) is 0 Å². The molecule has 5 rings (SSSR count). The third-order valence-electron chi connectivity index (χ3n) is 4.41. The molecule has 0 fully saturated rings. The number of rotatable bonds is 5. The molecule has 4 heterocycles. The van der Waals surface area contributed by atoms with Crippen molar-refractivity contribution in [1.82, 2.24) is 34.7 Å². The molecule has 1 aromatic carbocycles. The van der Waals surface area contributed by atoms with E-state index in [0.717, 1.165) is 41.9 Å². The second kappa shape index (κ2) is 8.13. The van der Waals surface area contributed by atoms with Crippen LogP contribution in [0.5, 0.6) is 0 Å². The van der Waals surface area contributed by atoms with E-state index in [1.165, 1.54) is 11.8 Å². The largest absolute Gasteiger partial charge is 0.269 e. The molecule has 0 atom stereocenters. The molecule has 0 spiro atoms. The van der Waals surface area contributed by atoms with Crippen LogP contribution in [-0.4, -0.2) is 41.0 Å². The predicted molar refractivity (Wildman–Crippen MR) is 120 cm³/mol. The summed E-state index contributed by atoms with van der Waals surface area (Å²) in [5.41, 5.74) is 3.74. The van der Waals surface area contributed by atoms with Crippen LogP contribution in [0.2, 0.25) is 0 Å². The summed E-state index contributed by atoms with van der Waals surface area (Å²) in [5.74, 6) is 0.735. The molecule has 0 amide bonds. The van der Waals surface area contributed by atoms with Gasteiger partial charge in [-0.1, -0.05) is 30.0 Å². The molecule has 148 valence electrons. The van der Waals surface area contributed by atoms with Crippen molar-refractivity contribution in [2.45, 2.75) is 21.4 Å². The van der Waals surface area contributed by atoms with Gasteiger partial charge in [0.2, 0.25) is 5.16 Å². The van der Waals surface area contributed by atoms with Crippen molar-refractivity contribution >= 4 is 45.2 Å². The number of hydrogen-bond acceptors (Lipinski definition) is 9. The fraction of sp³-hybridized carbons (Fsp3) is 0.100. The Morgan fingerprint density at radius 3 is 2.73 bits per heavy atom. The van der Waals surface area contributed by atoms with Gasteiger partial charge in [-0.05, 0) is 48.7 Å². The van der Waals surface area contributed by atoms with E-state index < -0.39 is 0 Å². The van der Waals surface area contributed by atoms with Gasteiger partial charge in [-0.3, -0.25) is 9.55 Å². The number of thioether (sulfide) groups is 1. The highest BCUT2D eigenvalue weighted by molar-refractivity contribution is 8.00. The quantitative estimate of drug-likeness (QED) is 0.276. The topological polar surface area (TPSA) is 82.3 Å². The van der Waals surface area contributed by atoms with E-state index in [1.807, 2.05) is 30.5 Å². The molecule has 10 heteroatoms. The SMILES string of the molecule is CSc1nc2ncnc(Sc3nnc(-c4cccnc4)n3-c3ccccc3C)c2s1. The van der Waals surface area contributed by atoms with Gasteiger partial charge in [0.05, 0.1) is 5.69 Å². The second-order valence-electron chi connectivity index (χ2n) is 6.29. The minimum atomic E-state index is 0.705. The lowest BCUT2D eigenvalue weighted by Gasteiger charge is -2.12. The first-order valence-electron chi connectivity index (χ1n) is 9.00. The summed E-state index contributed by atoms with van der Waals surface area (Å²) in [5, 5.41) is 10.5. The van der Waals surface area contributed by atoms with Crippen LogP contribution < -0.4 is 0 Å². The lowest BCUT2D eigenvalue weighted by Crippen LogP contribution is -2.02. The standard InChI is InChI=1S/C20H15N7S3/c1-12-6-3-4-8-14(12)27-17(13-7-5-9-21-10-13)25-26-19(27)30-18-15-16(22-11-23-18)24-20(28-2)29-15/h3-11H,1-2H3. The van der Waals surface area contributed by atoms with Gasteiger partial charge in [-0.15, -0.1) is 21.5 Å². The molecule has 0 unspecified atom stereocenters. The van der Waals surface area contributed by atoms with E-state index in [1.54, 1.807) is 41.8 Å². The lowest BCUT2D eigenvalue weighted by molar-refractivity contribution is 0.878. The summed E-state index contributed by atoms with van der Waals surface area (Å²) in [4.78, 5) is 17.6. The van der Waals surface area contributed by atoms with Crippen molar-refractivity contribution in [3.8, 4) is 17.1 Å². The Hall–Kier alpha value is -2.82. The summed E-state index contributed by atoms with van der Waals surface area (Å²) in [6, 6.07) is 12.1. The van der Waals surface area contributed by atoms with E-state index in [-0.39, 0.29) is 0 Å². The van der Waals surface area contributed by atoms with Crippen LogP contribution in [0.15, 0.2) is 69.6 Å². The molecule has 0 saturated carbocycles. The Bertz CT molecular complexity index is 1330. The van der Waals surface area contributed by atoms with Gasteiger partial charge in [0.25, 0.3) is 0 Å². The van der Waals surface area contributed by atoms with Crippen molar-refractivity contribution in [3.63, 3.8) is 0 Å². The Labute approximate surface area is 185 Å². The minimum absolute atomic E-state index is 0.705. The van der Waals surface area contributed by atoms with Gasteiger partial charge in [0, 0.05) is 18.0 Å². The van der Waals surface area contributed by atoms with Crippen LogP contribution in [0, 0.1) is 6.92 Å². The monoisotopic (exact) mass is 449 g/mol. The number of nitrogens with zero attached hydrogens (tertiary/aromatic N) is 7. The van der Waals surface area contributed by atoms with Gasteiger partial charge in [-0.2, -0.15) is 0 Å². The summed E-state index contributed by atoms with van der Waals surface area (Å²) in [6.07, 6.45) is 7.10. The average molecular weight is 450 g/mol. The molecule has 0 aliphatic heterocycles. The molecule has 0 bridgehead atoms. The molecule has 7 nitrogen and oxygen atoms in total. The normalized spacial score (nSPS) is 11.3. The first kappa shape index (κ1) is 19.2. The first-order chi connectivity index (χ1) is 14.7. The molecule has 0 aliphatic carbocycles. The molecule has 0 radical (unpaired) electrons. The zero-order valence-electron chi connectivity index (χ0n) is 16.1. The van der Waals surface area contributed by atoms with Crippen molar-refractivity contribution in [1.29, 1.82) is 0 Å². The zero-order valence-corrected chi connectivity index (χ0v) is 18.5. The molecule has 5 aromatic rings. The summed E-state index contributed by atoms with van der Waals surface area (Å²) in [7, 11) is 0. The number of aryl methyl sites for hydroxylation is 1. The number of thiazole rings is 1. The van der Waals surface area contributed by atoms with Gasteiger partial charge in [-0.25, -0.2) is 15.0 Å². The number of fused-ring (bicyclic) bond motifs is 1. The van der Waals surface area contributed by atoms with E-state index >= 15 is 0 Å². The predicted octanol–water partition coefficient (Wildman–Crippen LogP) is 4.91. The van der Waals surface area contributed by atoms with Crippen LogP contribution in [0.25, 0.3) is 27.4 Å². The summed E-state index contributed by atoms with van der Waals surface area (Å²) < 4.78 is 3.97. The van der Waals surface area contributed by atoms with Crippen LogP contribution in [0.4, 0.5) is 0 Å². The fourth-order valence-corrected chi connectivity index (χ4v) is 5.47. The van der Waals surface area contributed by atoms with Crippen LogP contribution in [-0.2, 0) is 0 Å². The highest BCUT2D eigenvalue weighted by Crippen LogP contribution is 2.38. The van der Waals surface area contributed by atoms with Gasteiger partial charge in [0.1, 0.15) is 16.1 Å².